The van der Waals surface area contributed by atoms with E-state index in [1.54, 1.807) is 12.1 Å². The van der Waals surface area contributed by atoms with Gasteiger partial charge in [0.2, 0.25) is 0 Å². The summed E-state index contributed by atoms with van der Waals surface area (Å²) in [6.07, 6.45) is 0.901. The second-order valence-electron chi connectivity index (χ2n) is 8.71. The number of phenolic OH excluding ortho intramolecular Hbond substituents is 1. The van der Waals surface area contributed by atoms with E-state index in [9.17, 15) is 5.11 Å². The van der Waals surface area contributed by atoms with Gasteiger partial charge in [-0.2, -0.15) is 0 Å². The third kappa shape index (κ3) is 7.12. The number of halogens is 1. The van der Waals surface area contributed by atoms with Crippen molar-refractivity contribution in [3.63, 3.8) is 0 Å². The van der Waals surface area contributed by atoms with Gasteiger partial charge in [-0.15, -0.1) is 12.4 Å². The smallest absolute Gasteiger partial charge is 0.119 e. The van der Waals surface area contributed by atoms with Crippen LogP contribution in [0.2, 0.25) is 0 Å². The molecule has 3 aromatic rings. The zero-order valence-corrected chi connectivity index (χ0v) is 21.2. The normalized spacial score (nSPS) is 11.8. The molecule has 0 aliphatic carbocycles. The highest BCUT2D eigenvalue weighted by Gasteiger charge is 2.14. The summed E-state index contributed by atoms with van der Waals surface area (Å²) in [6, 6.07) is 24.7. The zero-order chi connectivity index (χ0) is 23.1. The third-order valence-corrected chi connectivity index (χ3v) is 5.69. The maximum atomic E-state index is 9.83. The molecule has 33 heavy (non-hydrogen) atoms. The number of ether oxygens (including phenoxy) is 1. The van der Waals surface area contributed by atoms with E-state index in [0.29, 0.717) is 12.5 Å². The van der Waals surface area contributed by atoms with E-state index in [0.717, 1.165) is 29.8 Å². The molecule has 3 nitrogen and oxygen atoms in total. The number of nitrogens with zero attached hydrogens (tertiary/aromatic N) is 1. The number of likely N-dealkylation sites (N-methyl/N-ethyl adjacent to an activating group) is 1. The van der Waals surface area contributed by atoms with Crippen molar-refractivity contribution in [1.82, 2.24) is 4.90 Å². The molecule has 0 aromatic heterocycles. The number of benzene rings is 3. The first-order valence-corrected chi connectivity index (χ1v) is 11.4. The van der Waals surface area contributed by atoms with Gasteiger partial charge in [-0.05, 0) is 84.1 Å². The molecule has 0 saturated carbocycles. The number of phenols is 1. The Morgan fingerprint density at radius 3 is 1.82 bits per heavy atom. The Balaban J connectivity index is 0.00000385. The summed E-state index contributed by atoms with van der Waals surface area (Å²) in [5.41, 5.74) is 7.27. The summed E-state index contributed by atoms with van der Waals surface area (Å²) < 4.78 is 5.89. The van der Waals surface area contributed by atoms with Gasteiger partial charge in [0.1, 0.15) is 18.1 Å². The largest absolute Gasteiger partial charge is 0.508 e. The van der Waals surface area contributed by atoms with Crippen LogP contribution in [0, 0.1) is 0 Å². The molecule has 0 fully saturated rings. The van der Waals surface area contributed by atoms with Crippen molar-refractivity contribution in [3.8, 4) is 11.5 Å². The predicted octanol–water partition coefficient (Wildman–Crippen LogP) is 7.25. The number of allylic oxidation sites excluding steroid dienone is 1. The van der Waals surface area contributed by atoms with Gasteiger partial charge >= 0.3 is 0 Å². The Morgan fingerprint density at radius 1 is 0.818 bits per heavy atom. The van der Waals surface area contributed by atoms with Gasteiger partial charge in [-0.3, -0.25) is 0 Å². The summed E-state index contributed by atoms with van der Waals surface area (Å²) >= 11 is 0. The molecule has 0 spiro atoms. The van der Waals surface area contributed by atoms with Gasteiger partial charge in [0.15, 0.2) is 0 Å². The molecule has 4 heteroatoms. The van der Waals surface area contributed by atoms with Crippen molar-refractivity contribution in [2.75, 3.05) is 27.2 Å². The van der Waals surface area contributed by atoms with Gasteiger partial charge < -0.3 is 14.7 Å². The van der Waals surface area contributed by atoms with Crippen LogP contribution in [0.3, 0.4) is 0 Å². The molecule has 3 aromatic carbocycles. The second-order valence-corrected chi connectivity index (χ2v) is 8.71. The SMILES string of the molecule is CC/C(=C(/c1ccc(O)cc1)c1ccc(OCCN(C)C)cc1)c1ccc(C(C)C)cc1.Cl. The fourth-order valence-corrected chi connectivity index (χ4v) is 3.80. The van der Waals surface area contributed by atoms with Crippen LogP contribution in [0.4, 0.5) is 0 Å². The molecule has 3 rings (SSSR count). The van der Waals surface area contributed by atoms with Crippen LogP contribution in [-0.2, 0) is 0 Å². The summed E-state index contributed by atoms with van der Waals surface area (Å²) in [4.78, 5) is 2.11. The second kappa shape index (κ2) is 12.5. The van der Waals surface area contributed by atoms with E-state index in [-0.39, 0.29) is 18.2 Å². The molecule has 0 unspecified atom stereocenters. The van der Waals surface area contributed by atoms with E-state index in [2.05, 4.69) is 62.1 Å². The molecular formula is C29H36ClNO2. The first-order valence-electron chi connectivity index (χ1n) is 11.4. The average Bonchev–Trinajstić information content (AvgIpc) is 2.79. The molecule has 0 amide bonds. The Labute approximate surface area is 205 Å². The van der Waals surface area contributed by atoms with Gasteiger partial charge in [-0.25, -0.2) is 0 Å². The first-order chi connectivity index (χ1) is 15.4. The number of hydrogen-bond donors (Lipinski definition) is 1. The minimum absolute atomic E-state index is 0. The Bertz CT molecular complexity index is 1020. The maximum absolute atomic E-state index is 9.83. The highest BCUT2D eigenvalue weighted by molar-refractivity contribution is 5.98. The standard InChI is InChI=1S/C29H35NO2.ClH/c1-6-28(23-9-7-22(8-10-23)21(2)3)29(24-11-15-26(31)16-12-24)25-13-17-27(18-14-25)32-20-19-30(4)5;/h7-18,21,31H,6,19-20H2,1-5H3;1H/b29-28+;. The molecule has 176 valence electrons. The van der Waals surface area contributed by atoms with Crippen molar-refractivity contribution in [2.24, 2.45) is 0 Å². The van der Waals surface area contributed by atoms with E-state index in [1.165, 1.54) is 22.3 Å². The van der Waals surface area contributed by atoms with Crippen molar-refractivity contribution >= 4 is 23.6 Å². The molecule has 1 N–H and O–H groups in total. The molecule has 0 aliphatic rings. The van der Waals surface area contributed by atoms with Gasteiger partial charge in [-0.1, -0.05) is 69.3 Å². The van der Waals surface area contributed by atoms with E-state index in [1.807, 2.05) is 38.4 Å². The maximum Gasteiger partial charge on any atom is 0.119 e. The van der Waals surface area contributed by atoms with Crippen LogP contribution < -0.4 is 4.74 Å². The summed E-state index contributed by atoms with van der Waals surface area (Å²) in [6.45, 7) is 8.18. The van der Waals surface area contributed by atoms with Crippen molar-refractivity contribution in [2.45, 2.75) is 33.1 Å². The Hall–Kier alpha value is -2.75. The summed E-state index contributed by atoms with van der Waals surface area (Å²) in [5, 5.41) is 9.83. The number of hydrogen-bond acceptors (Lipinski definition) is 3. The summed E-state index contributed by atoms with van der Waals surface area (Å²) in [5.74, 6) is 1.66. The Kier molecular flexibility index (Phi) is 10.0. The van der Waals surface area contributed by atoms with Crippen molar-refractivity contribution < 1.29 is 9.84 Å². The highest BCUT2D eigenvalue weighted by atomic mass is 35.5. The quantitative estimate of drug-likeness (QED) is 0.338. The molecule has 0 bridgehead atoms. The van der Waals surface area contributed by atoms with Crippen LogP contribution in [0.15, 0.2) is 72.8 Å². The van der Waals surface area contributed by atoms with E-state index < -0.39 is 0 Å². The minimum atomic E-state index is 0. The third-order valence-electron chi connectivity index (χ3n) is 5.69. The molecular weight excluding hydrogens is 430 g/mol. The van der Waals surface area contributed by atoms with Crippen LogP contribution in [0.25, 0.3) is 11.1 Å². The van der Waals surface area contributed by atoms with Gasteiger partial charge in [0.05, 0.1) is 0 Å². The molecule has 0 aliphatic heterocycles. The van der Waals surface area contributed by atoms with Crippen LogP contribution in [0.1, 0.15) is 55.4 Å². The lowest BCUT2D eigenvalue weighted by Gasteiger charge is -2.18. The van der Waals surface area contributed by atoms with Crippen LogP contribution in [-0.4, -0.2) is 37.3 Å². The average molecular weight is 466 g/mol. The summed E-state index contributed by atoms with van der Waals surface area (Å²) in [7, 11) is 4.09. The van der Waals surface area contributed by atoms with Gasteiger partial charge in [0, 0.05) is 6.54 Å². The first kappa shape index (κ1) is 26.5. The Morgan fingerprint density at radius 2 is 1.33 bits per heavy atom. The fraction of sp³-hybridized carbons (Fsp3) is 0.310. The van der Waals surface area contributed by atoms with Crippen molar-refractivity contribution in [3.05, 3.63) is 95.1 Å². The molecule has 0 atom stereocenters. The van der Waals surface area contributed by atoms with Gasteiger partial charge in [0.25, 0.3) is 0 Å². The minimum Gasteiger partial charge on any atom is -0.508 e. The number of aromatic hydroxyl groups is 1. The fourth-order valence-electron chi connectivity index (χ4n) is 3.80. The molecule has 0 saturated heterocycles. The number of rotatable bonds is 9. The topological polar surface area (TPSA) is 32.7 Å². The predicted molar refractivity (Wildman–Crippen MR) is 143 cm³/mol. The highest BCUT2D eigenvalue weighted by Crippen LogP contribution is 2.36. The van der Waals surface area contributed by atoms with Crippen LogP contribution >= 0.6 is 12.4 Å². The molecule has 0 heterocycles. The van der Waals surface area contributed by atoms with E-state index in [4.69, 9.17) is 4.74 Å². The van der Waals surface area contributed by atoms with Crippen molar-refractivity contribution in [1.29, 1.82) is 0 Å². The lowest BCUT2D eigenvalue weighted by Crippen LogP contribution is -2.19. The lowest BCUT2D eigenvalue weighted by atomic mass is 9.87. The van der Waals surface area contributed by atoms with E-state index >= 15 is 0 Å². The molecule has 0 radical (unpaired) electrons. The monoisotopic (exact) mass is 465 g/mol. The lowest BCUT2D eigenvalue weighted by molar-refractivity contribution is 0.261. The zero-order valence-electron chi connectivity index (χ0n) is 20.3. The van der Waals surface area contributed by atoms with Crippen LogP contribution in [0.5, 0.6) is 11.5 Å².